The van der Waals surface area contributed by atoms with Gasteiger partial charge in [0.2, 0.25) is 0 Å². The molecule has 0 atom stereocenters. The first-order chi connectivity index (χ1) is 7.29. The van der Waals surface area contributed by atoms with Crippen LogP contribution < -0.4 is 0 Å². The van der Waals surface area contributed by atoms with Gasteiger partial charge in [-0.1, -0.05) is 35.5 Å². The fourth-order valence-electron chi connectivity index (χ4n) is 0.825. The standard InChI is InChI=1S/C9H8N2O.CHNO/c1-12-11-9(7-10)8-5-3-2-4-6-8;2-1-3/h2-6H,1H3;3H. The lowest BCUT2D eigenvalue weighted by molar-refractivity contribution is 0.214. The molecule has 5 heteroatoms. The SMILES string of the molecule is CON=C(C#N)c1ccccc1.N#CO. The van der Waals surface area contributed by atoms with E-state index in [1.54, 1.807) is 12.1 Å². The van der Waals surface area contributed by atoms with E-state index in [0.717, 1.165) is 11.8 Å². The van der Waals surface area contributed by atoms with Crippen molar-refractivity contribution in [2.24, 2.45) is 5.16 Å². The van der Waals surface area contributed by atoms with Crippen molar-refractivity contribution in [3.63, 3.8) is 0 Å². The number of oxime groups is 1. The summed E-state index contributed by atoms with van der Waals surface area (Å²) in [6.45, 7) is 0. The molecule has 76 valence electrons. The topological polar surface area (TPSA) is 89.4 Å². The highest BCUT2D eigenvalue weighted by Crippen LogP contribution is 2.00. The lowest BCUT2D eigenvalue weighted by Gasteiger charge is -1.94. The molecule has 0 aliphatic carbocycles. The number of nitriles is 2. The zero-order chi connectivity index (χ0) is 11.5. The third-order valence-corrected chi connectivity index (χ3v) is 1.34. The number of benzene rings is 1. The van der Waals surface area contributed by atoms with Crippen LogP contribution in [0.5, 0.6) is 0 Å². The summed E-state index contributed by atoms with van der Waals surface area (Å²) >= 11 is 0. The Morgan fingerprint density at radius 3 is 2.27 bits per heavy atom. The summed E-state index contributed by atoms with van der Waals surface area (Å²) in [4.78, 5) is 4.51. The van der Waals surface area contributed by atoms with Crippen molar-refractivity contribution >= 4 is 5.71 Å². The summed E-state index contributed by atoms with van der Waals surface area (Å²) in [7, 11) is 1.42. The van der Waals surface area contributed by atoms with Crippen LogP contribution in [0.1, 0.15) is 5.56 Å². The maximum absolute atomic E-state index is 8.65. The molecule has 0 saturated heterocycles. The van der Waals surface area contributed by atoms with Crippen LogP contribution in [0.15, 0.2) is 35.5 Å². The van der Waals surface area contributed by atoms with E-state index >= 15 is 0 Å². The van der Waals surface area contributed by atoms with Gasteiger partial charge in [-0.15, -0.1) is 0 Å². The van der Waals surface area contributed by atoms with E-state index in [1.165, 1.54) is 7.11 Å². The number of nitrogens with zero attached hydrogens (tertiary/aromatic N) is 3. The molecule has 0 heterocycles. The first kappa shape index (κ1) is 12.5. The number of hydrogen-bond acceptors (Lipinski definition) is 5. The van der Waals surface area contributed by atoms with Crippen molar-refractivity contribution < 1.29 is 9.94 Å². The molecule has 1 aromatic rings. The second kappa shape index (κ2) is 8.09. The van der Waals surface area contributed by atoms with E-state index in [-0.39, 0.29) is 5.71 Å². The number of hydrogen-bond donors (Lipinski definition) is 1. The molecule has 15 heavy (non-hydrogen) atoms. The van der Waals surface area contributed by atoms with Gasteiger partial charge in [-0.25, -0.2) is 0 Å². The Balaban J connectivity index is 0.000000583. The molecule has 0 fully saturated rings. The predicted molar refractivity (Wildman–Crippen MR) is 53.1 cm³/mol. The molecule has 1 rings (SSSR count). The van der Waals surface area contributed by atoms with Crippen molar-refractivity contribution in [3.05, 3.63) is 35.9 Å². The van der Waals surface area contributed by atoms with E-state index in [2.05, 4.69) is 9.99 Å². The van der Waals surface area contributed by atoms with E-state index in [4.69, 9.17) is 15.6 Å². The first-order valence-electron chi connectivity index (χ1n) is 3.90. The van der Waals surface area contributed by atoms with Crippen LogP contribution in [-0.4, -0.2) is 17.9 Å². The third-order valence-electron chi connectivity index (χ3n) is 1.34. The summed E-state index contributed by atoms with van der Waals surface area (Å²) in [5, 5.41) is 26.0. The second-order valence-electron chi connectivity index (χ2n) is 2.20. The minimum absolute atomic E-state index is 0.290. The minimum Gasteiger partial charge on any atom is -0.443 e. The Kier molecular flexibility index (Phi) is 6.72. The lowest BCUT2D eigenvalue weighted by Crippen LogP contribution is -1.96. The van der Waals surface area contributed by atoms with Crippen molar-refractivity contribution in [1.82, 2.24) is 0 Å². The van der Waals surface area contributed by atoms with E-state index in [9.17, 15) is 0 Å². The van der Waals surface area contributed by atoms with Gasteiger partial charge < -0.3 is 9.94 Å². The average molecular weight is 203 g/mol. The zero-order valence-corrected chi connectivity index (χ0v) is 8.08. The fraction of sp³-hybridized carbons (Fsp3) is 0.100. The van der Waals surface area contributed by atoms with Crippen molar-refractivity contribution in [2.45, 2.75) is 0 Å². The van der Waals surface area contributed by atoms with Crippen LogP contribution >= 0.6 is 0 Å². The van der Waals surface area contributed by atoms with Crippen molar-refractivity contribution in [2.75, 3.05) is 7.11 Å². The van der Waals surface area contributed by atoms with Gasteiger partial charge in [-0.05, 0) is 0 Å². The smallest absolute Gasteiger partial charge is 0.283 e. The molecule has 0 amide bonds. The second-order valence-corrected chi connectivity index (χ2v) is 2.20. The zero-order valence-electron chi connectivity index (χ0n) is 8.08. The van der Waals surface area contributed by atoms with E-state index < -0.39 is 0 Å². The molecule has 0 bridgehead atoms. The third kappa shape index (κ3) is 4.91. The molecule has 0 unspecified atom stereocenters. The molecule has 1 aromatic carbocycles. The lowest BCUT2D eigenvalue weighted by atomic mass is 10.1. The maximum Gasteiger partial charge on any atom is 0.283 e. The molecule has 0 aromatic heterocycles. The van der Waals surface area contributed by atoms with E-state index in [0.29, 0.717) is 0 Å². The van der Waals surface area contributed by atoms with Crippen LogP contribution in [-0.2, 0) is 4.84 Å². The quantitative estimate of drug-likeness (QED) is 0.447. The first-order valence-corrected chi connectivity index (χ1v) is 3.90. The molecule has 1 N–H and O–H groups in total. The summed E-state index contributed by atoms with van der Waals surface area (Å²) < 4.78 is 0. The van der Waals surface area contributed by atoms with Crippen molar-refractivity contribution in [3.8, 4) is 12.3 Å². The van der Waals surface area contributed by atoms with Gasteiger partial charge in [0.25, 0.3) is 6.26 Å². The molecule has 0 spiro atoms. The highest BCUT2D eigenvalue weighted by molar-refractivity contribution is 6.11. The molecule has 0 aliphatic rings. The van der Waals surface area contributed by atoms with Crippen molar-refractivity contribution in [1.29, 1.82) is 10.5 Å². The summed E-state index contributed by atoms with van der Waals surface area (Å²) in [6.07, 6.45) is 0.750. The molecule has 5 nitrogen and oxygen atoms in total. The van der Waals surface area contributed by atoms with Gasteiger partial charge >= 0.3 is 0 Å². The fourth-order valence-corrected chi connectivity index (χ4v) is 0.825. The van der Waals surface area contributed by atoms with Gasteiger partial charge in [-0.2, -0.15) is 10.5 Å². The Morgan fingerprint density at radius 1 is 1.33 bits per heavy atom. The van der Waals surface area contributed by atoms with Gasteiger partial charge in [0.05, 0.1) is 0 Å². The molecular formula is C10H9N3O2. The van der Waals surface area contributed by atoms with Gasteiger partial charge in [-0.3, -0.25) is 0 Å². The molecule has 0 radical (unpaired) electrons. The monoisotopic (exact) mass is 203 g/mol. The van der Waals surface area contributed by atoms with E-state index in [1.807, 2.05) is 24.3 Å². The summed E-state index contributed by atoms with van der Waals surface area (Å²) in [5.41, 5.74) is 1.06. The summed E-state index contributed by atoms with van der Waals surface area (Å²) in [5.74, 6) is 0. The highest BCUT2D eigenvalue weighted by atomic mass is 16.6. The largest absolute Gasteiger partial charge is 0.443 e. The number of rotatable bonds is 2. The Bertz CT molecular complexity index is 387. The molecule has 0 aliphatic heterocycles. The van der Waals surface area contributed by atoms with Crippen LogP contribution in [0.3, 0.4) is 0 Å². The normalized spacial score (nSPS) is 8.87. The Hall–Kier alpha value is -2.53. The van der Waals surface area contributed by atoms with Gasteiger partial charge in [0, 0.05) is 5.56 Å². The Labute approximate surface area is 87.4 Å². The van der Waals surface area contributed by atoms with Crippen LogP contribution in [0.25, 0.3) is 0 Å². The average Bonchev–Trinajstić information content (AvgIpc) is 2.28. The highest BCUT2D eigenvalue weighted by Gasteiger charge is 1.99. The van der Waals surface area contributed by atoms with Crippen LogP contribution in [0, 0.1) is 22.8 Å². The number of aliphatic hydroxyl groups excluding tert-OH is 1. The van der Waals surface area contributed by atoms with Gasteiger partial charge in [0.1, 0.15) is 13.2 Å². The van der Waals surface area contributed by atoms with Crippen LogP contribution in [0.4, 0.5) is 0 Å². The molecule has 0 saturated carbocycles. The minimum atomic E-state index is 0.290. The predicted octanol–water partition coefficient (Wildman–Crippen LogP) is 1.40. The Morgan fingerprint density at radius 2 is 1.87 bits per heavy atom. The number of aliphatic hydroxyl groups is 1. The molecular weight excluding hydrogens is 194 g/mol. The summed E-state index contributed by atoms with van der Waals surface area (Å²) in [6, 6.07) is 11.1. The van der Waals surface area contributed by atoms with Gasteiger partial charge in [0.15, 0.2) is 5.71 Å². The maximum atomic E-state index is 8.65. The van der Waals surface area contributed by atoms with Crippen LogP contribution in [0.2, 0.25) is 0 Å².